The van der Waals surface area contributed by atoms with E-state index >= 15 is 0 Å². The molecular weight excluding hydrogens is 266 g/mol. The van der Waals surface area contributed by atoms with Crippen molar-refractivity contribution in [3.63, 3.8) is 0 Å². The van der Waals surface area contributed by atoms with Crippen LogP contribution in [0.2, 0.25) is 0 Å². The standard InChI is InChI=1S/C12H25N3O3S/c1-3-18-11-8-12(9-11,10-13)14-4-6-15(7-5-14)19(2,16)17/h11H,3-10,13H2,1-2H3. The van der Waals surface area contributed by atoms with Gasteiger partial charge in [0.2, 0.25) is 10.0 Å². The van der Waals surface area contributed by atoms with Crippen molar-refractivity contribution in [1.82, 2.24) is 9.21 Å². The zero-order valence-electron chi connectivity index (χ0n) is 11.8. The van der Waals surface area contributed by atoms with Gasteiger partial charge in [-0.05, 0) is 19.8 Å². The number of sulfonamides is 1. The average Bonchev–Trinajstić information content (AvgIpc) is 2.32. The maximum atomic E-state index is 11.5. The molecule has 0 amide bonds. The zero-order chi connectivity index (χ0) is 14.1. The van der Waals surface area contributed by atoms with Gasteiger partial charge in [-0.2, -0.15) is 4.31 Å². The Kier molecular flexibility index (Phi) is 4.52. The molecule has 0 atom stereocenters. The fourth-order valence-electron chi connectivity index (χ4n) is 3.19. The molecule has 2 rings (SSSR count). The minimum atomic E-state index is -3.06. The second-order valence-corrected chi connectivity index (χ2v) is 7.55. The second-order valence-electron chi connectivity index (χ2n) is 5.56. The van der Waals surface area contributed by atoms with Gasteiger partial charge in [0.1, 0.15) is 0 Å². The third kappa shape index (κ3) is 3.11. The fraction of sp³-hybridized carbons (Fsp3) is 1.00. The van der Waals surface area contributed by atoms with E-state index in [-0.39, 0.29) is 5.54 Å². The van der Waals surface area contributed by atoms with Gasteiger partial charge >= 0.3 is 0 Å². The Hall–Kier alpha value is -0.210. The van der Waals surface area contributed by atoms with Crippen LogP contribution in [0.4, 0.5) is 0 Å². The molecule has 112 valence electrons. The van der Waals surface area contributed by atoms with Gasteiger partial charge in [-0.1, -0.05) is 0 Å². The minimum absolute atomic E-state index is 0.0312. The highest BCUT2D eigenvalue weighted by Gasteiger charge is 2.48. The predicted octanol–water partition coefficient (Wildman–Crippen LogP) is -0.540. The average molecular weight is 291 g/mol. The van der Waals surface area contributed by atoms with Crippen molar-refractivity contribution in [3.05, 3.63) is 0 Å². The summed E-state index contributed by atoms with van der Waals surface area (Å²) >= 11 is 0. The Morgan fingerprint density at radius 2 is 1.84 bits per heavy atom. The first-order valence-electron chi connectivity index (χ1n) is 6.93. The first kappa shape index (κ1) is 15.2. The van der Waals surface area contributed by atoms with Gasteiger partial charge < -0.3 is 10.5 Å². The van der Waals surface area contributed by atoms with Crippen LogP contribution in [0, 0.1) is 0 Å². The normalized spacial score (nSPS) is 34.2. The van der Waals surface area contributed by atoms with Crippen molar-refractivity contribution in [1.29, 1.82) is 0 Å². The number of nitrogens with two attached hydrogens (primary N) is 1. The van der Waals surface area contributed by atoms with Crippen LogP contribution in [0.3, 0.4) is 0 Å². The highest BCUT2D eigenvalue weighted by molar-refractivity contribution is 7.88. The molecule has 0 aromatic heterocycles. The predicted molar refractivity (Wildman–Crippen MR) is 74.4 cm³/mol. The maximum absolute atomic E-state index is 11.5. The van der Waals surface area contributed by atoms with E-state index in [4.69, 9.17) is 10.5 Å². The fourth-order valence-corrected chi connectivity index (χ4v) is 4.02. The minimum Gasteiger partial charge on any atom is -0.378 e. The molecule has 6 nitrogen and oxygen atoms in total. The van der Waals surface area contributed by atoms with E-state index in [1.165, 1.54) is 6.26 Å². The third-order valence-corrected chi connectivity index (χ3v) is 5.68. The summed E-state index contributed by atoms with van der Waals surface area (Å²) in [5.41, 5.74) is 5.98. The van der Waals surface area contributed by atoms with Crippen LogP contribution < -0.4 is 5.73 Å². The van der Waals surface area contributed by atoms with E-state index in [0.717, 1.165) is 32.5 Å². The Balaban J connectivity index is 1.90. The summed E-state index contributed by atoms with van der Waals surface area (Å²) in [6.45, 7) is 6.04. The van der Waals surface area contributed by atoms with Crippen LogP contribution in [0.1, 0.15) is 19.8 Å². The second kappa shape index (κ2) is 5.65. The van der Waals surface area contributed by atoms with Gasteiger partial charge in [-0.3, -0.25) is 4.90 Å². The lowest BCUT2D eigenvalue weighted by Crippen LogP contribution is -2.67. The molecule has 19 heavy (non-hydrogen) atoms. The molecule has 0 unspecified atom stereocenters. The molecule has 7 heteroatoms. The van der Waals surface area contributed by atoms with Crippen LogP contribution in [-0.2, 0) is 14.8 Å². The van der Waals surface area contributed by atoms with Gasteiger partial charge in [0.15, 0.2) is 0 Å². The number of nitrogens with zero attached hydrogens (tertiary/aromatic N) is 2. The SMILES string of the molecule is CCOC1CC(CN)(N2CCN(S(C)(=O)=O)CC2)C1. The Morgan fingerprint density at radius 1 is 1.26 bits per heavy atom. The lowest BCUT2D eigenvalue weighted by atomic mass is 9.72. The molecule has 2 fully saturated rings. The number of ether oxygens (including phenoxy) is 1. The molecule has 1 aliphatic heterocycles. The van der Waals surface area contributed by atoms with Crippen molar-refractivity contribution in [2.45, 2.75) is 31.4 Å². The topological polar surface area (TPSA) is 75.9 Å². The summed E-state index contributed by atoms with van der Waals surface area (Å²) < 4.78 is 30.2. The summed E-state index contributed by atoms with van der Waals surface area (Å²) in [7, 11) is -3.06. The molecule has 0 aromatic rings. The lowest BCUT2D eigenvalue weighted by molar-refractivity contribution is -0.106. The van der Waals surface area contributed by atoms with Crippen LogP contribution in [0.15, 0.2) is 0 Å². The molecule has 0 radical (unpaired) electrons. The number of hydrogen-bond donors (Lipinski definition) is 1. The number of rotatable bonds is 5. The molecule has 0 bridgehead atoms. The van der Waals surface area contributed by atoms with Crippen LogP contribution in [0.5, 0.6) is 0 Å². The van der Waals surface area contributed by atoms with Crippen molar-refractivity contribution in [2.24, 2.45) is 5.73 Å². The van der Waals surface area contributed by atoms with Crippen LogP contribution in [-0.4, -0.2) is 74.9 Å². The molecule has 0 aromatic carbocycles. The van der Waals surface area contributed by atoms with Crippen molar-refractivity contribution < 1.29 is 13.2 Å². The smallest absolute Gasteiger partial charge is 0.211 e. The molecule has 1 saturated carbocycles. The van der Waals surface area contributed by atoms with E-state index in [1.807, 2.05) is 6.92 Å². The third-order valence-electron chi connectivity index (χ3n) is 4.38. The molecule has 1 saturated heterocycles. The highest BCUT2D eigenvalue weighted by Crippen LogP contribution is 2.39. The molecule has 0 spiro atoms. The zero-order valence-corrected chi connectivity index (χ0v) is 12.7. The Labute approximate surface area is 115 Å². The maximum Gasteiger partial charge on any atom is 0.211 e. The first-order valence-corrected chi connectivity index (χ1v) is 8.78. The summed E-state index contributed by atoms with van der Waals surface area (Å²) in [6, 6.07) is 0. The summed E-state index contributed by atoms with van der Waals surface area (Å²) in [4.78, 5) is 2.35. The quantitative estimate of drug-likeness (QED) is 0.736. The monoisotopic (exact) mass is 291 g/mol. The first-order chi connectivity index (χ1) is 8.91. The molecule has 1 heterocycles. The highest BCUT2D eigenvalue weighted by atomic mass is 32.2. The number of hydrogen-bond acceptors (Lipinski definition) is 5. The molecule has 2 N–H and O–H groups in total. The van der Waals surface area contributed by atoms with Crippen LogP contribution in [0.25, 0.3) is 0 Å². The summed E-state index contributed by atoms with van der Waals surface area (Å²) in [5.74, 6) is 0. The van der Waals surface area contributed by atoms with E-state index in [9.17, 15) is 8.42 Å². The van der Waals surface area contributed by atoms with E-state index in [1.54, 1.807) is 4.31 Å². The van der Waals surface area contributed by atoms with E-state index in [0.29, 0.717) is 25.7 Å². The lowest BCUT2D eigenvalue weighted by Gasteiger charge is -2.55. The molecule has 1 aliphatic carbocycles. The summed E-state index contributed by atoms with van der Waals surface area (Å²) in [5, 5.41) is 0. The van der Waals surface area contributed by atoms with E-state index < -0.39 is 10.0 Å². The molecule has 2 aliphatic rings. The number of piperazine rings is 1. The molecular formula is C12H25N3O3S. The van der Waals surface area contributed by atoms with Gasteiger partial charge in [0, 0.05) is 44.9 Å². The van der Waals surface area contributed by atoms with Gasteiger partial charge in [0.25, 0.3) is 0 Å². The Bertz CT molecular complexity index is 398. The Morgan fingerprint density at radius 3 is 2.26 bits per heavy atom. The van der Waals surface area contributed by atoms with E-state index in [2.05, 4.69) is 4.90 Å². The largest absolute Gasteiger partial charge is 0.378 e. The van der Waals surface area contributed by atoms with Crippen molar-refractivity contribution >= 4 is 10.0 Å². The summed E-state index contributed by atoms with van der Waals surface area (Å²) in [6.07, 6.45) is 3.53. The van der Waals surface area contributed by atoms with Gasteiger partial charge in [0.05, 0.1) is 12.4 Å². The van der Waals surface area contributed by atoms with Crippen molar-refractivity contribution in [3.8, 4) is 0 Å². The van der Waals surface area contributed by atoms with Crippen LogP contribution >= 0.6 is 0 Å². The van der Waals surface area contributed by atoms with Gasteiger partial charge in [-0.15, -0.1) is 0 Å². The van der Waals surface area contributed by atoms with Gasteiger partial charge in [-0.25, -0.2) is 8.42 Å². The van der Waals surface area contributed by atoms with Crippen molar-refractivity contribution in [2.75, 3.05) is 45.6 Å².